The van der Waals surface area contributed by atoms with E-state index in [0.717, 1.165) is 0 Å². The topological polar surface area (TPSA) is 0 Å². The molecule has 0 unspecified atom stereocenters. The minimum atomic E-state index is -0.713. The van der Waals surface area contributed by atoms with Gasteiger partial charge in [-0.3, -0.25) is 0 Å². The van der Waals surface area contributed by atoms with Gasteiger partial charge in [-0.2, -0.15) is 0 Å². The van der Waals surface area contributed by atoms with Crippen molar-refractivity contribution in [3.05, 3.63) is 35.4 Å². The van der Waals surface area contributed by atoms with Crippen molar-refractivity contribution in [2.75, 3.05) is 0 Å². The summed E-state index contributed by atoms with van der Waals surface area (Å²) in [4.78, 5) is 0. The molecule has 0 saturated heterocycles. The maximum absolute atomic E-state index is 4.12. The summed E-state index contributed by atoms with van der Waals surface area (Å²) in [6.07, 6.45) is 0. The van der Waals surface area contributed by atoms with Gasteiger partial charge in [-0.05, 0) is 0 Å². The summed E-state index contributed by atoms with van der Waals surface area (Å²) in [5.41, 5.74) is 2.90. The number of hydrogen-bond donors (Lipinski definition) is 0. The van der Waals surface area contributed by atoms with Gasteiger partial charge >= 0.3 is 86.8 Å². The van der Waals surface area contributed by atoms with Gasteiger partial charge in [-0.15, -0.1) is 0 Å². The van der Waals surface area contributed by atoms with Crippen molar-refractivity contribution in [3.8, 4) is 0 Å². The van der Waals surface area contributed by atoms with Gasteiger partial charge in [0, 0.05) is 0 Å². The Labute approximate surface area is 85.3 Å². The van der Waals surface area contributed by atoms with E-state index in [0.29, 0.717) is 0 Å². The van der Waals surface area contributed by atoms with E-state index in [2.05, 4.69) is 33.5 Å². The molecule has 11 heavy (non-hydrogen) atoms. The average Bonchev–Trinajstić information content (AvgIpc) is 1.93. The maximum atomic E-state index is 4.12. The van der Waals surface area contributed by atoms with Crippen molar-refractivity contribution < 1.29 is 41.3 Å². The zero-order valence-corrected chi connectivity index (χ0v) is 9.10. The Morgan fingerprint density at radius 3 is 2.55 bits per heavy atom. The van der Waals surface area contributed by atoms with E-state index < -0.39 is 41.3 Å². The van der Waals surface area contributed by atoms with Gasteiger partial charge in [0.2, 0.25) is 0 Å². The zero-order chi connectivity index (χ0) is 8.27. The molecule has 0 heterocycles. The molecule has 0 spiro atoms. The van der Waals surface area contributed by atoms with Gasteiger partial charge in [0.15, 0.2) is 0 Å². The summed E-state index contributed by atoms with van der Waals surface area (Å²) < 4.78 is 7.64. The average molecular weight is 266 g/mol. The summed E-state index contributed by atoms with van der Waals surface area (Å²) >= 11 is -0.713. The van der Waals surface area contributed by atoms with Gasteiger partial charge in [0.1, 0.15) is 0 Å². The quantitative estimate of drug-likeness (QED) is 0.771. The van der Waals surface area contributed by atoms with Gasteiger partial charge in [-0.25, -0.2) is 0 Å². The van der Waals surface area contributed by atoms with Gasteiger partial charge < -0.3 is 0 Å². The third kappa shape index (κ3) is 3.26. The molecular weight excluding hydrogens is 251 g/mol. The van der Waals surface area contributed by atoms with E-state index in [9.17, 15) is 0 Å². The van der Waals surface area contributed by atoms with E-state index in [1.165, 1.54) is 12.0 Å². The van der Waals surface area contributed by atoms with Crippen molar-refractivity contribution in [2.45, 2.75) is 9.20 Å². The number of rotatable bonds is 2. The van der Waals surface area contributed by atoms with E-state index in [4.69, 9.17) is 0 Å². The van der Waals surface area contributed by atoms with Crippen molar-refractivity contribution >= 4 is 0.949 Å². The minimum absolute atomic E-state index is 0.713. The van der Waals surface area contributed by atoms with Crippen LogP contribution >= 0.6 is 0 Å². The predicted molar refractivity (Wildman–Crippen MR) is 47.9 cm³/mol. The predicted octanol–water partition coefficient (Wildman–Crippen LogP) is 2.60. The molecule has 1 heteroatoms. The number of aryl methyl sites for hydroxylation is 1. The summed E-state index contributed by atoms with van der Waals surface area (Å²) in [7, 11) is 0. The molecule has 0 aliphatic rings. The van der Waals surface area contributed by atoms with Crippen LogP contribution in [0, 0.1) is 48.2 Å². The fourth-order valence-corrected chi connectivity index (χ4v) is 3.09. The second-order valence-corrected chi connectivity index (χ2v) is 7.30. The molecule has 0 aromatic heterocycles. The molecule has 0 saturated carbocycles. The molecule has 0 N–H and O–H groups in total. The zero-order valence-electron chi connectivity index (χ0n) is 7.08. The van der Waals surface area contributed by atoms with Crippen molar-refractivity contribution in [2.24, 2.45) is 0 Å². The number of benzene rings is 1. The molecular formula is C10H14Xe. The van der Waals surface area contributed by atoms with Crippen LogP contribution in [0.1, 0.15) is 11.1 Å². The Morgan fingerprint density at radius 2 is 2.00 bits per heavy atom. The third-order valence-electron chi connectivity index (χ3n) is 1.61. The van der Waals surface area contributed by atoms with Crippen LogP contribution in [0.2, 0.25) is 1.39 Å². The van der Waals surface area contributed by atoms with E-state index >= 15 is 0 Å². The Hall–Kier alpha value is 0.661. The first-order chi connectivity index (χ1) is 5.20. The van der Waals surface area contributed by atoms with E-state index in [-0.39, 0.29) is 0 Å². The molecule has 0 amide bonds. The Morgan fingerprint density at radius 1 is 1.36 bits per heavy atom. The van der Waals surface area contributed by atoms with Crippen LogP contribution in [-0.2, 0) is 0.889 Å². The van der Waals surface area contributed by atoms with Crippen LogP contribution in [0.3, 0.4) is 0 Å². The SMILES string of the molecule is C=[Xe](C)Cc1ccccc1C. The van der Waals surface area contributed by atoms with Gasteiger partial charge in [-0.1, -0.05) is 0 Å². The molecule has 1 rings (SSSR count). The summed E-state index contributed by atoms with van der Waals surface area (Å²) in [6.45, 7) is 2.17. The Bertz CT molecular complexity index is 263. The normalized spacial score (nSPS) is 11.3. The molecule has 0 atom stereocenters. The molecule has 62 valence electrons. The first-order valence-corrected chi connectivity index (χ1v) is 8.41. The van der Waals surface area contributed by atoms with Gasteiger partial charge in [0.25, 0.3) is 0 Å². The van der Waals surface area contributed by atoms with Crippen LogP contribution in [0.25, 0.3) is 0 Å². The second kappa shape index (κ2) is 4.63. The molecule has 0 aliphatic carbocycles. The van der Waals surface area contributed by atoms with Crippen molar-refractivity contribution in [1.29, 1.82) is 0 Å². The fraction of sp³-hybridized carbons (Fsp3) is 0.300. The summed E-state index contributed by atoms with van der Waals surface area (Å²) in [6, 6.07) is 8.59. The standard InChI is InChI=1S/C10H14Xe/c1-9-6-4-5-7-10(9)8-11(2)3/h4-7H,2,8H2,1,3H3. The fourth-order valence-electron chi connectivity index (χ4n) is 0.980. The molecule has 1 aromatic carbocycles. The summed E-state index contributed by atoms with van der Waals surface area (Å²) in [5, 5.41) is 0. The van der Waals surface area contributed by atoms with E-state index in [1.54, 1.807) is 0 Å². The third-order valence-corrected chi connectivity index (χ3v) is 3.60. The molecule has 0 aliphatic heterocycles. The van der Waals surface area contributed by atoms with Crippen LogP contribution in [-0.4, -0.2) is 0.949 Å². The molecule has 0 nitrogen and oxygen atoms in total. The monoisotopic (exact) mass is 266 g/mol. The molecule has 0 fully saturated rings. The van der Waals surface area contributed by atoms with Crippen molar-refractivity contribution in [1.82, 2.24) is 0 Å². The molecule has 1 aromatic rings. The number of hydrogen-bond acceptors (Lipinski definition) is 0. The van der Waals surface area contributed by atoms with E-state index in [1.807, 2.05) is 0 Å². The molecule has 0 bridgehead atoms. The van der Waals surface area contributed by atoms with Crippen LogP contribution in [0.5, 0.6) is 0 Å². The molecule has 0 radical (unpaired) electrons. The first-order valence-electron chi connectivity index (χ1n) is 3.53. The van der Waals surface area contributed by atoms with Crippen LogP contribution in [0.15, 0.2) is 24.3 Å². The summed E-state index contributed by atoms with van der Waals surface area (Å²) in [5.74, 6) is 0. The Balaban J connectivity index is 2.86. The van der Waals surface area contributed by atoms with Crippen molar-refractivity contribution in [3.63, 3.8) is 0 Å². The van der Waals surface area contributed by atoms with Gasteiger partial charge in [0.05, 0.1) is 0 Å². The first kappa shape index (κ1) is 9.75. The van der Waals surface area contributed by atoms with Crippen LogP contribution < -0.4 is 0 Å². The second-order valence-electron chi connectivity index (χ2n) is 2.73. The Kier molecular flexibility index (Phi) is 4.10. The van der Waals surface area contributed by atoms with Crippen LogP contribution in [0.4, 0.5) is 0 Å².